The molecule has 2 rings (SSSR count). The second-order valence-corrected chi connectivity index (χ2v) is 6.81. The molecule has 0 spiro atoms. The summed E-state index contributed by atoms with van der Waals surface area (Å²) in [5, 5.41) is 3.16. The Morgan fingerprint density at radius 3 is 2.35 bits per heavy atom. The number of carbonyl (C=O) groups excluding carboxylic acids is 2. The summed E-state index contributed by atoms with van der Waals surface area (Å²) in [6.07, 6.45) is 1.67. The molecule has 7 heteroatoms. The van der Waals surface area contributed by atoms with Crippen LogP contribution in [0.25, 0.3) is 0 Å². The van der Waals surface area contributed by atoms with Gasteiger partial charge >= 0.3 is 5.97 Å². The van der Waals surface area contributed by atoms with E-state index in [1.54, 1.807) is 0 Å². The molecule has 0 radical (unpaired) electrons. The minimum Gasteiger partial charge on any atom is -0.452 e. The fourth-order valence-electron chi connectivity index (χ4n) is 2.45. The lowest BCUT2D eigenvalue weighted by Gasteiger charge is -2.18. The van der Waals surface area contributed by atoms with Crippen LogP contribution < -0.4 is 5.32 Å². The summed E-state index contributed by atoms with van der Waals surface area (Å²) in [6.45, 7) is 1.59. The quantitative estimate of drug-likeness (QED) is 0.483. The van der Waals surface area contributed by atoms with E-state index in [0.717, 1.165) is 18.4 Å². The Morgan fingerprint density at radius 2 is 1.69 bits per heavy atom. The van der Waals surface area contributed by atoms with E-state index in [9.17, 15) is 9.59 Å². The highest BCUT2D eigenvalue weighted by Crippen LogP contribution is 2.31. The second-order valence-electron chi connectivity index (χ2n) is 5.61. The van der Waals surface area contributed by atoms with E-state index < -0.39 is 18.5 Å². The number of ether oxygens (including phenoxy) is 1. The monoisotopic (exact) mass is 413 g/mol. The topological polar surface area (TPSA) is 55.4 Å². The number of nitrogens with one attached hydrogen (secondary N) is 1. The molecule has 0 fully saturated rings. The molecule has 2 aromatic carbocycles. The number of rotatable bonds is 7. The molecule has 0 aliphatic heterocycles. The molecule has 0 saturated carbocycles. The van der Waals surface area contributed by atoms with Gasteiger partial charge in [-0.3, -0.25) is 4.79 Å². The van der Waals surface area contributed by atoms with Crippen molar-refractivity contribution in [1.29, 1.82) is 0 Å². The first-order valence-electron chi connectivity index (χ1n) is 8.09. The van der Waals surface area contributed by atoms with Crippen molar-refractivity contribution in [3.8, 4) is 0 Å². The maximum absolute atomic E-state index is 12.2. The van der Waals surface area contributed by atoms with Crippen molar-refractivity contribution < 1.29 is 14.3 Å². The van der Waals surface area contributed by atoms with Crippen LogP contribution in [0.2, 0.25) is 15.1 Å². The normalized spacial score (nSPS) is 11.7. The van der Waals surface area contributed by atoms with Gasteiger partial charge in [0.15, 0.2) is 6.61 Å². The Labute approximate surface area is 167 Å². The van der Waals surface area contributed by atoms with Gasteiger partial charge in [-0.15, -0.1) is 0 Å². The predicted octanol–water partition coefficient (Wildman–Crippen LogP) is 5.46. The Bertz CT molecular complexity index is 781. The molecule has 1 amide bonds. The van der Waals surface area contributed by atoms with Crippen LogP contribution in [0.15, 0.2) is 42.5 Å². The summed E-state index contributed by atoms with van der Waals surface area (Å²) in [7, 11) is 0. The average molecular weight is 415 g/mol. The van der Waals surface area contributed by atoms with Crippen LogP contribution in [0, 0.1) is 0 Å². The number of halogens is 3. The van der Waals surface area contributed by atoms with E-state index in [1.165, 1.54) is 12.1 Å². The summed E-state index contributed by atoms with van der Waals surface area (Å²) in [6, 6.07) is 12.4. The van der Waals surface area contributed by atoms with Crippen molar-refractivity contribution in [1.82, 2.24) is 5.32 Å². The number of hydrogen-bond acceptors (Lipinski definition) is 3. The van der Waals surface area contributed by atoms with E-state index in [4.69, 9.17) is 39.5 Å². The summed E-state index contributed by atoms with van der Waals surface area (Å²) < 4.78 is 5.04. The van der Waals surface area contributed by atoms with Gasteiger partial charge in [-0.05, 0) is 24.1 Å². The smallest absolute Gasteiger partial charge is 0.341 e. The Kier molecular flexibility index (Phi) is 7.76. The lowest BCUT2D eigenvalue weighted by Crippen LogP contribution is -2.32. The lowest BCUT2D eigenvalue weighted by molar-refractivity contribution is -0.125. The first kappa shape index (κ1) is 20.6. The maximum atomic E-state index is 12.2. The molecule has 0 bridgehead atoms. The highest BCUT2D eigenvalue weighted by Gasteiger charge is 2.20. The van der Waals surface area contributed by atoms with Gasteiger partial charge in [-0.25, -0.2) is 4.79 Å². The van der Waals surface area contributed by atoms with E-state index in [0.29, 0.717) is 0 Å². The highest BCUT2D eigenvalue weighted by atomic mass is 35.5. The van der Waals surface area contributed by atoms with Crippen molar-refractivity contribution in [2.75, 3.05) is 6.61 Å². The van der Waals surface area contributed by atoms with Crippen LogP contribution in [-0.2, 0) is 9.53 Å². The van der Waals surface area contributed by atoms with Crippen LogP contribution >= 0.6 is 34.8 Å². The summed E-state index contributed by atoms with van der Waals surface area (Å²) in [5.41, 5.74) is 0.941. The van der Waals surface area contributed by atoms with Crippen molar-refractivity contribution in [3.05, 3.63) is 68.7 Å². The van der Waals surface area contributed by atoms with Crippen molar-refractivity contribution >= 4 is 46.7 Å². The van der Waals surface area contributed by atoms with Gasteiger partial charge < -0.3 is 10.1 Å². The van der Waals surface area contributed by atoms with Crippen molar-refractivity contribution in [2.24, 2.45) is 0 Å². The molecule has 0 aliphatic carbocycles. The molecular formula is C19H18Cl3NO3. The molecule has 4 nitrogen and oxygen atoms in total. The number of amides is 1. The molecule has 0 aromatic heterocycles. The standard InChI is InChI=1S/C19H18Cl3NO3/c1-2-6-15(12-7-4-3-5-8-12)23-16(24)11-26-19(25)17-13(20)9-10-14(21)18(17)22/h3-5,7-10,15H,2,6,11H2,1H3,(H,23,24)/t15-/m0/s1. The molecule has 26 heavy (non-hydrogen) atoms. The zero-order valence-corrected chi connectivity index (χ0v) is 16.4. The van der Waals surface area contributed by atoms with Gasteiger partial charge in [0.1, 0.15) is 0 Å². The molecule has 0 unspecified atom stereocenters. The molecule has 2 aromatic rings. The number of esters is 1. The molecule has 138 valence electrons. The van der Waals surface area contributed by atoms with Crippen molar-refractivity contribution in [3.63, 3.8) is 0 Å². The minimum absolute atomic E-state index is 0.00211. The van der Waals surface area contributed by atoms with Crippen molar-refractivity contribution in [2.45, 2.75) is 25.8 Å². The van der Waals surface area contributed by atoms with Gasteiger partial charge in [0.25, 0.3) is 5.91 Å². The van der Waals surface area contributed by atoms with E-state index in [-0.39, 0.29) is 26.7 Å². The predicted molar refractivity (Wildman–Crippen MR) is 104 cm³/mol. The molecule has 1 atom stereocenters. The van der Waals surface area contributed by atoms with Gasteiger partial charge in [0.2, 0.25) is 0 Å². The van der Waals surface area contributed by atoms with E-state index in [1.807, 2.05) is 37.3 Å². The zero-order chi connectivity index (χ0) is 19.1. The van der Waals surface area contributed by atoms with Gasteiger partial charge in [0.05, 0.1) is 26.7 Å². The molecule has 0 heterocycles. The summed E-state index contributed by atoms with van der Waals surface area (Å²) in [4.78, 5) is 24.4. The fraction of sp³-hybridized carbons (Fsp3) is 0.263. The van der Waals surface area contributed by atoms with Gasteiger partial charge in [0, 0.05) is 0 Å². The van der Waals surface area contributed by atoms with Gasteiger partial charge in [-0.2, -0.15) is 0 Å². The average Bonchev–Trinajstić information content (AvgIpc) is 2.64. The number of carbonyl (C=O) groups is 2. The molecule has 0 saturated heterocycles. The Hall–Kier alpha value is -1.75. The SMILES string of the molecule is CCC[C@H](NC(=O)COC(=O)c1c(Cl)ccc(Cl)c1Cl)c1ccccc1. The molecule has 0 aliphatic rings. The minimum atomic E-state index is -0.801. The number of hydrogen-bond donors (Lipinski definition) is 1. The summed E-state index contributed by atoms with van der Waals surface area (Å²) >= 11 is 17.9. The third-order valence-corrected chi connectivity index (χ3v) is 4.82. The molecule has 1 N–H and O–H groups in total. The zero-order valence-electron chi connectivity index (χ0n) is 14.1. The summed E-state index contributed by atoms with van der Waals surface area (Å²) in [5.74, 6) is -1.21. The Balaban J connectivity index is 1.99. The third-order valence-electron chi connectivity index (χ3n) is 3.70. The van der Waals surface area contributed by atoms with Crippen LogP contribution in [-0.4, -0.2) is 18.5 Å². The second kappa shape index (κ2) is 9.81. The van der Waals surface area contributed by atoms with Crippen LogP contribution in [0.3, 0.4) is 0 Å². The van der Waals surface area contributed by atoms with E-state index >= 15 is 0 Å². The highest BCUT2D eigenvalue weighted by molar-refractivity contribution is 6.46. The third kappa shape index (κ3) is 5.37. The fourth-order valence-corrected chi connectivity index (χ4v) is 3.13. The number of benzene rings is 2. The first-order chi connectivity index (χ1) is 12.4. The van der Waals surface area contributed by atoms with E-state index in [2.05, 4.69) is 5.32 Å². The largest absolute Gasteiger partial charge is 0.452 e. The van der Waals surface area contributed by atoms with Gasteiger partial charge in [-0.1, -0.05) is 78.5 Å². The molecular weight excluding hydrogens is 397 g/mol. The Morgan fingerprint density at radius 1 is 1.04 bits per heavy atom. The van der Waals surface area contributed by atoms with Crippen LogP contribution in [0.1, 0.15) is 41.7 Å². The first-order valence-corrected chi connectivity index (χ1v) is 9.22. The maximum Gasteiger partial charge on any atom is 0.341 e. The van der Waals surface area contributed by atoms with Crippen LogP contribution in [0.4, 0.5) is 0 Å². The van der Waals surface area contributed by atoms with Crippen LogP contribution in [0.5, 0.6) is 0 Å². The lowest BCUT2D eigenvalue weighted by atomic mass is 10.0.